The van der Waals surface area contributed by atoms with Gasteiger partial charge in [0, 0.05) is 0 Å². The third-order valence-electron chi connectivity index (χ3n) is 1.59. The second-order valence-corrected chi connectivity index (χ2v) is 9.58. The van der Waals surface area contributed by atoms with Crippen LogP contribution in [0.25, 0.3) is 0 Å². The van der Waals surface area contributed by atoms with Crippen LogP contribution in [0.4, 0.5) is 0 Å². The lowest BCUT2D eigenvalue weighted by atomic mass is 10.8. The molecule has 0 aromatic carbocycles. The molecule has 0 aromatic rings. The smallest absolute Gasteiger partial charge is 0.174 e. The Hall–Kier alpha value is 0.314. The molecule has 4 N–H and O–H groups in total. The van der Waals surface area contributed by atoms with Gasteiger partial charge in [-0.3, -0.25) is 0 Å². The van der Waals surface area contributed by atoms with Gasteiger partial charge in [-0.25, -0.2) is 0 Å². The van der Waals surface area contributed by atoms with Gasteiger partial charge in [-0.05, 0) is 38.3 Å². The van der Waals surface area contributed by atoms with Gasteiger partial charge >= 0.3 is 0 Å². The number of hydrogen-bond donors (Lipinski definition) is 2. The Balaban J connectivity index is 3.38. The summed E-state index contributed by atoms with van der Waals surface area (Å²) in [4.78, 5) is 0. The van der Waals surface area contributed by atoms with Gasteiger partial charge < -0.3 is 15.6 Å². The van der Waals surface area contributed by atoms with Gasteiger partial charge in [0.25, 0.3) is 0 Å². The first-order valence-electron chi connectivity index (χ1n) is 4.16. The Morgan fingerprint density at radius 3 is 2.36 bits per heavy atom. The van der Waals surface area contributed by atoms with Crippen molar-refractivity contribution >= 4 is 18.1 Å². The fourth-order valence-corrected chi connectivity index (χ4v) is 5.08. The van der Waals surface area contributed by atoms with E-state index in [-0.39, 0.29) is 9.76 Å². The highest BCUT2D eigenvalue weighted by Gasteiger charge is 2.19. The molecule has 0 unspecified atom stereocenters. The summed E-state index contributed by atoms with van der Waals surface area (Å²) in [5.74, 6) is 0. The quantitative estimate of drug-likeness (QED) is 0.446. The molecule has 5 heteroatoms. The lowest BCUT2D eigenvalue weighted by Crippen LogP contribution is -2.34. The maximum atomic E-state index is 5.83. The molecule has 0 fully saturated rings. The zero-order valence-corrected chi connectivity index (χ0v) is 10.0. The van der Waals surface area contributed by atoms with E-state index in [0.717, 1.165) is 25.2 Å². The molecule has 0 saturated carbocycles. The molecule has 0 atom stereocenters. The molecule has 0 saturated heterocycles. The maximum Gasteiger partial charge on any atom is 0.174 e. The summed E-state index contributed by atoms with van der Waals surface area (Å²) in [5.41, 5.74) is 10.8. The average Bonchev–Trinajstić information content (AvgIpc) is 1.87. The zero-order valence-electron chi connectivity index (χ0n) is 7.60. The summed E-state index contributed by atoms with van der Waals surface area (Å²) < 4.78 is 5.83. The minimum Gasteiger partial charge on any atom is -0.460 e. The third kappa shape index (κ3) is 6.70. The van der Waals surface area contributed by atoms with Crippen LogP contribution in [0.1, 0.15) is 0 Å². The third-order valence-corrected chi connectivity index (χ3v) is 7.72. The molecule has 0 radical (unpaired) electrons. The van der Waals surface area contributed by atoms with E-state index in [1.165, 1.54) is 0 Å². The molecule has 0 aliphatic carbocycles. The van der Waals surface area contributed by atoms with E-state index in [4.69, 9.17) is 15.6 Å². The Morgan fingerprint density at radius 2 is 1.91 bits per heavy atom. The predicted molar refractivity (Wildman–Crippen MR) is 54.8 cm³/mol. The van der Waals surface area contributed by atoms with Crippen molar-refractivity contribution in [2.75, 3.05) is 13.1 Å². The van der Waals surface area contributed by atoms with E-state index in [1.54, 1.807) is 0 Å². The van der Waals surface area contributed by atoms with E-state index >= 15 is 0 Å². The highest BCUT2D eigenvalue weighted by atomic mass is 28.4. The summed E-state index contributed by atoms with van der Waals surface area (Å²) in [6, 6.07) is 2.17. The van der Waals surface area contributed by atoms with E-state index in [0.29, 0.717) is 0 Å². The molecule has 0 aliphatic heterocycles. The maximum absolute atomic E-state index is 5.83. The summed E-state index contributed by atoms with van der Waals surface area (Å²) in [6.45, 7) is 5.99. The second-order valence-electron chi connectivity index (χ2n) is 3.29. The fraction of sp³-hybridized carbons (Fsp3) is 1.00. The summed E-state index contributed by atoms with van der Waals surface area (Å²) >= 11 is 0. The molecular weight excluding hydrogens is 172 g/mol. The number of nitrogens with two attached hydrogens (primary N) is 2. The molecule has 3 nitrogen and oxygen atoms in total. The molecular formula is C6H20N2OSi2. The predicted octanol–water partition coefficient (Wildman–Crippen LogP) is -0.372. The lowest BCUT2D eigenvalue weighted by molar-refractivity contribution is 0.582. The van der Waals surface area contributed by atoms with Crippen LogP contribution in [0, 0.1) is 0 Å². The monoisotopic (exact) mass is 192 g/mol. The Morgan fingerprint density at radius 1 is 1.27 bits per heavy atom. The summed E-state index contributed by atoms with van der Waals surface area (Å²) in [7, 11) is -1.69. The molecule has 0 rings (SSSR count). The van der Waals surface area contributed by atoms with Crippen molar-refractivity contribution in [1.82, 2.24) is 0 Å². The van der Waals surface area contributed by atoms with Gasteiger partial charge in [0.2, 0.25) is 0 Å². The van der Waals surface area contributed by atoms with Gasteiger partial charge in [-0.15, -0.1) is 0 Å². The minimum atomic E-state index is -1.36. The zero-order chi connectivity index (χ0) is 8.74. The van der Waals surface area contributed by atoms with Crippen LogP contribution in [0.15, 0.2) is 0 Å². The van der Waals surface area contributed by atoms with Gasteiger partial charge in [-0.1, -0.05) is 0 Å². The molecule has 0 amide bonds. The Bertz CT molecular complexity index is 101. The van der Waals surface area contributed by atoms with Crippen LogP contribution in [0.2, 0.25) is 25.2 Å². The largest absolute Gasteiger partial charge is 0.460 e. The van der Waals surface area contributed by atoms with Crippen molar-refractivity contribution < 1.29 is 4.12 Å². The van der Waals surface area contributed by atoms with Crippen molar-refractivity contribution in [2.45, 2.75) is 25.2 Å². The van der Waals surface area contributed by atoms with Gasteiger partial charge in [-0.2, -0.15) is 0 Å². The van der Waals surface area contributed by atoms with Gasteiger partial charge in [0.1, 0.15) is 9.76 Å². The molecule has 0 spiro atoms. The first kappa shape index (κ1) is 11.3. The lowest BCUT2D eigenvalue weighted by Gasteiger charge is -2.22. The Labute approximate surface area is 72.6 Å². The molecule has 11 heavy (non-hydrogen) atoms. The van der Waals surface area contributed by atoms with Crippen LogP contribution in [-0.2, 0) is 4.12 Å². The van der Waals surface area contributed by atoms with Crippen LogP contribution >= 0.6 is 0 Å². The van der Waals surface area contributed by atoms with Crippen molar-refractivity contribution in [1.29, 1.82) is 0 Å². The standard InChI is InChI=1S/C6H20N2OSi2/c1-11(2,6-4-8)9-10-5-3-7/h3-8,10H2,1-2H3. The summed E-state index contributed by atoms with van der Waals surface area (Å²) in [6.07, 6.45) is 0. The first-order valence-corrected chi connectivity index (χ1v) is 8.86. The van der Waals surface area contributed by atoms with Crippen LogP contribution in [0.3, 0.4) is 0 Å². The molecule has 0 aromatic heterocycles. The van der Waals surface area contributed by atoms with Crippen LogP contribution in [0.5, 0.6) is 0 Å². The fourth-order valence-electron chi connectivity index (χ4n) is 0.852. The van der Waals surface area contributed by atoms with Gasteiger partial charge in [0.05, 0.1) is 0 Å². The average molecular weight is 192 g/mol. The van der Waals surface area contributed by atoms with E-state index in [9.17, 15) is 0 Å². The van der Waals surface area contributed by atoms with E-state index in [2.05, 4.69) is 13.1 Å². The Kier molecular flexibility index (Phi) is 6.07. The van der Waals surface area contributed by atoms with Crippen molar-refractivity contribution in [3.8, 4) is 0 Å². The molecule has 0 bridgehead atoms. The highest BCUT2D eigenvalue weighted by molar-refractivity contribution is 6.75. The van der Waals surface area contributed by atoms with E-state index in [1.807, 2.05) is 0 Å². The van der Waals surface area contributed by atoms with E-state index < -0.39 is 8.32 Å². The molecule has 68 valence electrons. The second kappa shape index (κ2) is 5.90. The highest BCUT2D eigenvalue weighted by Crippen LogP contribution is 2.08. The topological polar surface area (TPSA) is 61.3 Å². The van der Waals surface area contributed by atoms with Gasteiger partial charge in [0.15, 0.2) is 8.32 Å². The SMILES string of the molecule is C[Si](C)(CCN)O[SiH2]CCN. The normalized spacial score (nSPS) is 13.1. The first-order chi connectivity index (χ1) is 5.12. The number of hydrogen-bond acceptors (Lipinski definition) is 3. The molecule has 0 heterocycles. The number of rotatable bonds is 6. The minimum absolute atomic E-state index is 0.332. The van der Waals surface area contributed by atoms with Crippen molar-refractivity contribution in [3.63, 3.8) is 0 Å². The van der Waals surface area contributed by atoms with Crippen LogP contribution < -0.4 is 11.5 Å². The molecule has 0 aliphatic rings. The van der Waals surface area contributed by atoms with Crippen molar-refractivity contribution in [3.05, 3.63) is 0 Å². The summed E-state index contributed by atoms with van der Waals surface area (Å²) in [5, 5.41) is 0. The van der Waals surface area contributed by atoms with Crippen molar-refractivity contribution in [2.24, 2.45) is 11.5 Å². The van der Waals surface area contributed by atoms with Crippen LogP contribution in [-0.4, -0.2) is 31.2 Å².